The van der Waals surface area contributed by atoms with Crippen molar-refractivity contribution in [3.05, 3.63) is 33.7 Å². The first-order valence-electron chi connectivity index (χ1n) is 5.58. The Morgan fingerprint density at radius 3 is 2.56 bits per heavy atom. The van der Waals surface area contributed by atoms with E-state index in [1.807, 2.05) is 13.8 Å². The molecule has 0 fully saturated rings. The SMILES string of the molecule is CCC(CC)NC(=O)c1c[nH]c(C)cc1=O. The molecule has 0 radical (unpaired) electrons. The minimum Gasteiger partial charge on any atom is -0.364 e. The summed E-state index contributed by atoms with van der Waals surface area (Å²) in [5.41, 5.74) is 0.696. The molecular weight excluding hydrogens is 204 g/mol. The Balaban J connectivity index is 2.85. The summed E-state index contributed by atoms with van der Waals surface area (Å²) in [5.74, 6) is -0.296. The van der Waals surface area contributed by atoms with Crippen molar-refractivity contribution in [2.45, 2.75) is 39.7 Å². The van der Waals surface area contributed by atoms with Gasteiger partial charge in [0.1, 0.15) is 5.56 Å². The summed E-state index contributed by atoms with van der Waals surface area (Å²) in [7, 11) is 0. The minimum absolute atomic E-state index is 0.133. The van der Waals surface area contributed by atoms with Crippen molar-refractivity contribution in [3.8, 4) is 0 Å². The van der Waals surface area contributed by atoms with Crippen molar-refractivity contribution < 1.29 is 4.79 Å². The van der Waals surface area contributed by atoms with E-state index in [-0.39, 0.29) is 22.9 Å². The van der Waals surface area contributed by atoms with Gasteiger partial charge in [-0.1, -0.05) is 13.8 Å². The van der Waals surface area contributed by atoms with Crippen LogP contribution >= 0.6 is 0 Å². The summed E-state index contributed by atoms with van der Waals surface area (Å²) in [6.45, 7) is 5.80. The highest BCUT2D eigenvalue weighted by atomic mass is 16.2. The van der Waals surface area contributed by atoms with Gasteiger partial charge >= 0.3 is 0 Å². The number of H-pyrrole nitrogens is 1. The van der Waals surface area contributed by atoms with Gasteiger partial charge in [-0.05, 0) is 19.8 Å². The highest BCUT2D eigenvalue weighted by Gasteiger charge is 2.13. The van der Waals surface area contributed by atoms with Crippen molar-refractivity contribution in [3.63, 3.8) is 0 Å². The number of aromatic nitrogens is 1. The molecule has 88 valence electrons. The maximum absolute atomic E-state index is 11.8. The van der Waals surface area contributed by atoms with Gasteiger partial charge in [-0.25, -0.2) is 0 Å². The van der Waals surface area contributed by atoms with Crippen molar-refractivity contribution in [1.29, 1.82) is 0 Å². The van der Waals surface area contributed by atoms with Gasteiger partial charge in [-0.2, -0.15) is 0 Å². The molecule has 1 heterocycles. The second kappa shape index (κ2) is 5.49. The first kappa shape index (κ1) is 12.5. The molecule has 0 saturated carbocycles. The molecule has 4 nitrogen and oxygen atoms in total. The van der Waals surface area contributed by atoms with Crippen LogP contribution in [0.1, 0.15) is 42.7 Å². The Hall–Kier alpha value is -1.58. The Morgan fingerprint density at radius 2 is 2.06 bits per heavy atom. The number of hydrogen-bond acceptors (Lipinski definition) is 2. The van der Waals surface area contributed by atoms with Gasteiger partial charge in [-0.15, -0.1) is 0 Å². The zero-order valence-electron chi connectivity index (χ0n) is 9.96. The molecule has 4 heteroatoms. The molecule has 1 aromatic rings. The van der Waals surface area contributed by atoms with E-state index in [9.17, 15) is 9.59 Å². The fraction of sp³-hybridized carbons (Fsp3) is 0.500. The summed E-state index contributed by atoms with van der Waals surface area (Å²) in [6.07, 6.45) is 3.20. The van der Waals surface area contributed by atoms with Crippen LogP contribution in [-0.4, -0.2) is 16.9 Å². The minimum atomic E-state index is -0.296. The molecular formula is C12H18N2O2. The molecule has 0 aliphatic heterocycles. The molecule has 0 spiro atoms. The number of carbonyl (C=O) groups excluding carboxylic acids is 1. The summed E-state index contributed by atoms with van der Waals surface area (Å²) in [5, 5.41) is 2.83. The standard InChI is InChI=1S/C12H18N2O2/c1-4-9(5-2)14-12(16)10-7-13-8(3)6-11(10)15/h6-7,9H,4-5H2,1-3H3,(H,13,15)(H,14,16). The van der Waals surface area contributed by atoms with Crippen LogP contribution < -0.4 is 10.7 Å². The van der Waals surface area contributed by atoms with E-state index in [4.69, 9.17) is 0 Å². The fourth-order valence-electron chi connectivity index (χ4n) is 1.51. The smallest absolute Gasteiger partial charge is 0.256 e. The van der Waals surface area contributed by atoms with E-state index in [0.29, 0.717) is 0 Å². The maximum atomic E-state index is 11.8. The van der Waals surface area contributed by atoms with Crippen molar-refractivity contribution in [1.82, 2.24) is 10.3 Å². The maximum Gasteiger partial charge on any atom is 0.256 e. The van der Waals surface area contributed by atoms with Gasteiger partial charge in [0.05, 0.1) is 0 Å². The fourth-order valence-corrected chi connectivity index (χ4v) is 1.51. The summed E-state index contributed by atoms with van der Waals surface area (Å²) < 4.78 is 0. The van der Waals surface area contributed by atoms with Crippen LogP contribution in [-0.2, 0) is 0 Å². The lowest BCUT2D eigenvalue weighted by Crippen LogP contribution is -2.36. The normalized spacial score (nSPS) is 10.5. The zero-order chi connectivity index (χ0) is 12.1. The molecule has 0 saturated heterocycles. The molecule has 1 aromatic heterocycles. The van der Waals surface area contributed by atoms with E-state index in [2.05, 4.69) is 10.3 Å². The Bertz CT molecular complexity index is 419. The van der Waals surface area contributed by atoms with Crippen LogP contribution in [0.2, 0.25) is 0 Å². The molecule has 1 rings (SSSR count). The van der Waals surface area contributed by atoms with E-state index >= 15 is 0 Å². The molecule has 16 heavy (non-hydrogen) atoms. The van der Waals surface area contributed by atoms with Gasteiger partial charge in [0.25, 0.3) is 5.91 Å². The van der Waals surface area contributed by atoms with Gasteiger partial charge in [0, 0.05) is 24.0 Å². The second-order valence-corrected chi connectivity index (χ2v) is 3.88. The number of pyridine rings is 1. The van der Waals surface area contributed by atoms with E-state index in [1.165, 1.54) is 12.3 Å². The van der Waals surface area contributed by atoms with E-state index in [0.717, 1.165) is 18.5 Å². The molecule has 0 aliphatic carbocycles. The number of nitrogens with one attached hydrogen (secondary N) is 2. The highest BCUT2D eigenvalue weighted by molar-refractivity contribution is 5.93. The number of hydrogen-bond donors (Lipinski definition) is 2. The van der Waals surface area contributed by atoms with E-state index in [1.54, 1.807) is 6.92 Å². The average Bonchev–Trinajstić information content (AvgIpc) is 2.25. The Kier molecular flexibility index (Phi) is 4.28. The Morgan fingerprint density at radius 1 is 1.44 bits per heavy atom. The van der Waals surface area contributed by atoms with E-state index < -0.39 is 0 Å². The molecule has 0 atom stereocenters. The number of amides is 1. The predicted molar refractivity (Wildman–Crippen MR) is 63.6 cm³/mol. The third kappa shape index (κ3) is 2.95. The summed E-state index contributed by atoms with van der Waals surface area (Å²) in [6, 6.07) is 1.56. The van der Waals surface area contributed by atoms with Crippen LogP contribution in [0.3, 0.4) is 0 Å². The number of aromatic amines is 1. The molecule has 0 unspecified atom stereocenters. The van der Waals surface area contributed by atoms with Gasteiger partial charge in [-0.3, -0.25) is 9.59 Å². The quantitative estimate of drug-likeness (QED) is 0.812. The number of carbonyl (C=O) groups is 1. The van der Waals surface area contributed by atoms with Crippen molar-refractivity contribution >= 4 is 5.91 Å². The van der Waals surface area contributed by atoms with Gasteiger partial charge in [0.15, 0.2) is 5.43 Å². The molecule has 2 N–H and O–H groups in total. The third-order valence-electron chi connectivity index (χ3n) is 2.62. The number of aryl methyl sites for hydroxylation is 1. The summed E-state index contributed by atoms with van der Waals surface area (Å²) >= 11 is 0. The third-order valence-corrected chi connectivity index (χ3v) is 2.62. The lowest BCUT2D eigenvalue weighted by Gasteiger charge is -2.14. The highest BCUT2D eigenvalue weighted by Crippen LogP contribution is 1.99. The molecule has 0 aliphatic rings. The first-order valence-corrected chi connectivity index (χ1v) is 5.58. The predicted octanol–water partition coefficient (Wildman–Crippen LogP) is 1.60. The van der Waals surface area contributed by atoms with Crippen molar-refractivity contribution in [2.75, 3.05) is 0 Å². The molecule has 0 bridgehead atoms. The van der Waals surface area contributed by atoms with Crippen LogP contribution in [0.5, 0.6) is 0 Å². The largest absolute Gasteiger partial charge is 0.364 e. The van der Waals surface area contributed by atoms with Gasteiger partial charge < -0.3 is 10.3 Å². The van der Waals surface area contributed by atoms with Crippen LogP contribution in [0.25, 0.3) is 0 Å². The second-order valence-electron chi connectivity index (χ2n) is 3.88. The van der Waals surface area contributed by atoms with Crippen LogP contribution in [0, 0.1) is 6.92 Å². The topological polar surface area (TPSA) is 62.0 Å². The molecule has 1 amide bonds. The zero-order valence-corrected chi connectivity index (χ0v) is 9.96. The lowest BCUT2D eigenvalue weighted by atomic mass is 10.1. The monoisotopic (exact) mass is 222 g/mol. The lowest BCUT2D eigenvalue weighted by molar-refractivity contribution is 0.0933. The van der Waals surface area contributed by atoms with Crippen molar-refractivity contribution in [2.24, 2.45) is 0 Å². The van der Waals surface area contributed by atoms with Crippen LogP contribution in [0.4, 0.5) is 0 Å². The number of rotatable bonds is 4. The first-order chi connectivity index (χ1) is 7.58. The van der Waals surface area contributed by atoms with Crippen LogP contribution in [0.15, 0.2) is 17.1 Å². The van der Waals surface area contributed by atoms with Gasteiger partial charge in [0.2, 0.25) is 0 Å². The molecule has 0 aromatic carbocycles. The average molecular weight is 222 g/mol. The summed E-state index contributed by atoms with van der Waals surface area (Å²) in [4.78, 5) is 26.2. The Labute approximate surface area is 95.1 Å².